The number of carbonyl (C=O) groups excluding carboxylic acids is 2. The van der Waals surface area contributed by atoms with Gasteiger partial charge in [0.2, 0.25) is 0 Å². The fraction of sp³-hybridized carbons (Fsp3) is 0.435. The zero-order valence-electron chi connectivity index (χ0n) is 18.9. The SMILES string of the molecule is CN(C)/C(NCCC(C=O)NC(=O)/C(N)=C/N(N)Cc1ccccc1)=C1\CCCCC1=N. The molecule has 7 N–H and O–H groups in total. The highest BCUT2D eigenvalue weighted by molar-refractivity contribution is 5.98. The van der Waals surface area contributed by atoms with Gasteiger partial charge in [-0.05, 0) is 37.7 Å². The molecule has 9 heteroatoms. The first-order valence-electron chi connectivity index (χ1n) is 10.8. The molecule has 0 radical (unpaired) electrons. The van der Waals surface area contributed by atoms with E-state index in [1.54, 1.807) is 0 Å². The highest BCUT2D eigenvalue weighted by atomic mass is 16.2. The number of allylic oxidation sites excluding steroid dienone is 1. The van der Waals surface area contributed by atoms with Crippen molar-refractivity contribution >= 4 is 17.9 Å². The van der Waals surface area contributed by atoms with E-state index in [0.717, 1.165) is 42.6 Å². The van der Waals surface area contributed by atoms with Crippen molar-refractivity contribution in [3.8, 4) is 0 Å². The summed E-state index contributed by atoms with van der Waals surface area (Å²) in [5.74, 6) is 6.27. The van der Waals surface area contributed by atoms with Gasteiger partial charge in [0.1, 0.15) is 17.8 Å². The summed E-state index contributed by atoms with van der Waals surface area (Å²) in [6.45, 7) is 0.863. The minimum absolute atomic E-state index is 0.0741. The van der Waals surface area contributed by atoms with Crippen LogP contribution in [0.4, 0.5) is 0 Å². The molecule has 1 aliphatic carbocycles. The van der Waals surface area contributed by atoms with Crippen LogP contribution in [-0.4, -0.2) is 54.5 Å². The Hall–Kier alpha value is -3.33. The van der Waals surface area contributed by atoms with E-state index in [0.29, 0.717) is 31.5 Å². The number of hydrogen-bond donors (Lipinski definition) is 5. The number of carbonyl (C=O) groups is 2. The average Bonchev–Trinajstić information content (AvgIpc) is 2.76. The number of benzene rings is 1. The molecule has 1 aliphatic rings. The Labute approximate surface area is 190 Å². The Morgan fingerprint density at radius 3 is 2.53 bits per heavy atom. The van der Waals surface area contributed by atoms with Crippen LogP contribution in [0.3, 0.4) is 0 Å². The maximum Gasteiger partial charge on any atom is 0.269 e. The topological polar surface area (TPSA) is 141 Å². The van der Waals surface area contributed by atoms with Gasteiger partial charge in [0.05, 0.1) is 12.6 Å². The third kappa shape index (κ3) is 7.73. The van der Waals surface area contributed by atoms with Crippen molar-refractivity contribution in [3.05, 3.63) is 59.2 Å². The molecule has 174 valence electrons. The predicted molar refractivity (Wildman–Crippen MR) is 126 cm³/mol. The molecule has 1 atom stereocenters. The molecule has 0 heterocycles. The van der Waals surface area contributed by atoms with Crippen molar-refractivity contribution in [2.75, 3.05) is 20.6 Å². The van der Waals surface area contributed by atoms with Crippen molar-refractivity contribution in [1.29, 1.82) is 5.41 Å². The summed E-state index contributed by atoms with van der Waals surface area (Å²) in [5.41, 5.74) is 8.44. The molecule has 1 saturated carbocycles. The lowest BCUT2D eigenvalue weighted by Gasteiger charge is -2.26. The van der Waals surface area contributed by atoms with E-state index in [-0.39, 0.29) is 5.70 Å². The van der Waals surface area contributed by atoms with Crippen LogP contribution in [0.1, 0.15) is 37.7 Å². The summed E-state index contributed by atoms with van der Waals surface area (Å²) >= 11 is 0. The quantitative estimate of drug-likeness (QED) is 0.150. The first kappa shape index (κ1) is 24.9. The van der Waals surface area contributed by atoms with E-state index >= 15 is 0 Å². The molecule has 0 bridgehead atoms. The zero-order valence-corrected chi connectivity index (χ0v) is 18.9. The fourth-order valence-corrected chi connectivity index (χ4v) is 3.55. The number of nitrogens with two attached hydrogens (primary N) is 2. The van der Waals surface area contributed by atoms with Gasteiger partial charge in [0.25, 0.3) is 5.91 Å². The van der Waals surface area contributed by atoms with Crippen LogP contribution in [0.15, 0.2) is 53.6 Å². The molecule has 0 spiro atoms. The van der Waals surface area contributed by atoms with Gasteiger partial charge in [-0.1, -0.05) is 30.3 Å². The van der Waals surface area contributed by atoms with Crippen LogP contribution in [0, 0.1) is 5.41 Å². The summed E-state index contributed by atoms with van der Waals surface area (Å²) in [4.78, 5) is 25.8. The minimum Gasteiger partial charge on any atom is -0.393 e. The zero-order chi connectivity index (χ0) is 23.5. The Kier molecular flexibility index (Phi) is 9.75. The summed E-state index contributed by atoms with van der Waals surface area (Å²) in [6.07, 6.45) is 6.20. The highest BCUT2D eigenvalue weighted by Gasteiger charge is 2.19. The largest absolute Gasteiger partial charge is 0.393 e. The molecule has 2 rings (SSSR count). The Balaban J connectivity index is 1.89. The molecular weight excluding hydrogens is 406 g/mol. The van der Waals surface area contributed by atoms with E-state index in [1.807, 2.05) is 49.3 Å². The van der Waals surface area contributed by atoms with Gasteiger partial charge < -0.3 is 36.5 Å². The Morgan fingerprint density at radius 2 is 1.91 bits per heavy atom. The standard InChI is InChI=1S/C23H35N7O2/c1-29(2)22(19-10-6-7-11-20(19)24)27-13-12-18(16-31)28-23(32)21(25)15-30(26)14-17-8-4-3-5-9-17/h3-5,8-9,15-16,18,24,27H,6-7,10-14,25-26H2,1-2H3,(H,28,32)/b21-15-,22-19+,24-20?. The van der Waals surface area contributed by atoms with Crippen LogP contribution in [-0.2, 0) is 16.1 Å². The number of hydrazine groups is 1. The first-order valence-corrected chi connectivity index (χ1v) is 10.8. The monoisotopic (exact) mass is 441 g/mol. The number of nitrogens with one attached hydrogen (secondary N) is 3. The molecule has 1 aromatic rings. The van der Waals surface area contributed by atoms with E-state index in [9.17, 15) is 9.59 Å². The lowest BCUT2D eigenvalue weighted by molar-refractivity contribution is -0.121. The smallest absolute Gasteiger partial charge is 0.269 e. The first-order chi connectivity index (χ1) is 15.3. The molecule has 0 aliphatic heterocycles. The van der Waals surface area contributed by atoms with Crippen molar-refractivity contribution in [3.63, 3.8) is 0 Å². The molecular formula is C23H35N7O2. The van der Waals surface area contributed by atoms with Crippen LogP contribution in [0.5, 0.6) is 0 Å². The van der Waals surface area contributed by atoms with E-state index in [2.05, 4.69) is 10.6 Å². The van der Waals surface area contributed by atoms with Gasteiger partial charge in [-0.2, -0.15) is 0 Å². The van der Waals surface area contributed by atoms with Crippen LogP contribution in [0.25, 0.3) is 0 Å². The average molecular weight is 442 g/mol. The van der Waals surface area contributed by atoms with Gasteiger partial charge in [0.15, 0.2) is 0 Å². The van der Waals surface area contributed by atoms with Crippen molar-refractivity contribution < 1.29 is 9.59 Å². The number of amides is 1. The summed E-state index contributed by atoms with van der Waals surface area (Å²) in [7, 11) is 3.85. The Bertz CT molecular complexity index is 849. The Morgan fingerprint density at radius 1 is 1.22 bits per heavy atom. The number of rotatable bonds is 11. The predicted octanol–water partition coefficient (Wildman–Crippen LogP) is 1.19. The second-order valence-corrected chi connectivity index (χ2v) is 8.08. The summed E-state index contributed by atoms with van der Waals surface area (Å²) in [5, 5.41) is 15.5. The maximum atomic E-state index is 12.4. The molecule has 1 aromatic carbocycles. The second kappa shape index (κ2) is 12.5. The lowest BCUT2D eigenvalue weighted by atomic mass is 9.92. The molecule has 32 heavy (non-hydrogen) atoms. The maximum absolute atomic E-state index is 12.4. The van der Waals surface area contributed by atoms with Crippen molar-refractivity contribution in [2.24, 2.45) is 11.6 Å². The van der Waals surface area contributed by atoms with Crippen LogP contribution in [0.2, 0.25) is 0 Å². The van der Waals surface area contributed by atoms with Crippen molar-refractivity contribution in [1.82, 2.24) is 20.5 Å². The fourth-order valence-electron chi connectivity index (χ4n) is 3.55. The van der Waals surface area contributed by atoms with Crippen molar-refractivity contribution in [2.45, 2.75) is 44.7 Å². The molecule has 1 unspecified atom stereocenters. The second-order valence-electron chi connectivity index (χ2n) is 8.08. The van der Waals surface area contributed by atoms with E-state index in [4.69, 9.17) is 17.0 Å². The normalized spacial score (nSPS) is 16.7. The van der Waals surface area contributed by atoms with E-state index < -0.39 is 11.9 Å². The van der Waals surface area contributed by atoms with Gasteiger partial charge >= 0.3 is 0 Å². The molecule has 0 aromatic heterocycles. The van der Waals surface area contributed by atoms with Gasteiger partial charge in [-0.15, -0.1) is 0 Å². The summed E-state index contributed by atoms with van der Waals surface area (Å²) < 4.78 is 0. The third-order valence-electron chi connectivity index (χ3n) is 5.20. The molecule has 0 saturated heterocycles. The van der Waals surface area contributed by atoms with Gasteiger partial charge in [-0.25, -0.2) is 5.84 Å². The van der Waals surface area contributed by atoms with Crippen LogP contribution >= 0.6 is 0 Å². The number of nitrogens with zero attached hydrogens (tertiary/aromatic N) is 2. The summed E-state index contributed by atoms with van der Waals surface area (Å²) in [6, 6.07) is 8.87. The lowest BCUT2D eigenvalue weighted by Crippen LogP contribution is -2.41. The third-order valence-corrected chi connectivity index (χ3v) is 5.20. The van der Waals surface area contributed by atoms with E-state index in [1.165, 1.54) is 11.2 Å². The van der Waals surface area contributed by atoms with Gasteiger partial charge in [-0.3, -0.25) is 4.79 Å². The van der Waals surface area contributed by atoms with Gasteiger partial charge in [0, 0.05) is 38.1 Å². The number of aldehydes is 1. The molecule has 9 nitrogen and oxygen atoms in total. The molecule has 1 amide bonds. The number of hydrogen-bond acceptors (Lipinski definition) is 8. The van der Waals surface area contributed by atoms with Crippen LogP contribution < -0.4 is 22.2 Å². The molecule has 1 fully saturated rings. The highest BCUT2D eigenvalue weighted by Crippen LogP contribution is 2.23. The minimum atomic E-state index is -0.693.